The van der Waals surface area contributed by atoms with E-state index in [1.165, 1.54) is 33.7 Å². The Morgan fingerprint density at radius 1 is 0.615 bits per heavy atom. The normalized spacial score (nSPS) is 9.85. The molecule has 0 aliphatic carbocycles. The topological polar surface area (TPSA) is 17.6 Å². The van der Waals surface area contributed by atoms with E-state index < -0.39 is 0 Å². The van der Waals surface area contributed by atoms with Gasteiger partial charge in [-0.15, -0.1) is 0 Å². The van der Waals surface area contributed by atoms with E-state index in [0.29, 0.717) is 0 Å². The Kier molecular flexibility index (Phi) is 8.26. The molecule has 26 heavy (non-hydrogen) atoms. The molecule has 0 saturated heterocycles. The van der Waals surface area contributed by atoms with Gasteiger partial charge in [-0.25, -0.2) is 18.3 Å². The van der Waals surface area contributed by atoms with E-state index in [-0.39, 0.29) is 48.8 Å². The Hall–Kier alpha value is -1.66. The highest BCUT2D eigenvalue weighted by molar-refractivity contribution is 5.77. The number of hydrogen-bond acceptors (Lipinski definition) is 0. The van der Waals surface area contributed by atoms with Crippen molar-refractivity contribution >= 4 is 22.1 Å². The highest BCUT2D eigenvalue weighted by Crippen LogP contribution is 2.22. The van der Waals surface area contributed by atoms with Crippen molar-refractivity contribution in [2.45, 2.75) is 14.9 Å². The molecule has 2 heterocycles. The SMILES string of the molecule is C.C.Cn1c(-c2n(C)c3ccccc3[n+]2C)[n+](C)c2ccccc21.[Br-].[Br-]. The molecule has 0 spiro atoms. The predicted molar refractivity (Wildman–Crippen MR) is 101 cm³/mol. The third-order valence-electron chi connectivity index (χ3n) is 4.68. The summed E-state index contributed by atoms with van der Waals surface area (Å²) in [5, 5.41) is 0. The van der Waals surface area contributed by atoms with E-state index in [0.717, 1.165) is 0 Å². The maximum absolute atomic E-state index is 2.27. The first-order chi connectivity index (χ1) is 10.6. The van der Waals surface area contributed by atoms with Crippen LogP contribution < -0.4 is 43.1 Å². The van der Waals surface area contributed by atoms with Crippen molar-refractivity contribution in [1.29, 1.82) is 0 Å². The molecule has 0 fully saturated rings. The summed E-state index contributed by atoms with van der Waals surface area (Å²) in [5.74, 6) is 2.39. The molecule has 0 radical (unpaired) electrons. The molecule has 2 aromatic carbocycles. The molecule has 4 rings (SSSR count). The number of rotatable bonds is 1. The van der Waals surface area contributed by atoms with Crippen LogP contribution in [0.1, 0.15) is 14.9 Å². The molecule has 0 aliphatic rings. The number of benzene rings is 2. The highest BCUT2D eigenvalue weighted by Gasteiger charge is 2.33. The molecule has 0 saturated carbocycles. The molecular weight excluding hydrogens is 456 g/mol. The van der Waals surface area contributed by atoms with E-state index in [2.05, 4.69) is 95.0 Å². The third kappa shape index (κ3) is 3.21. The van der Waals surface area contributed by atoms with Crippen molar-refractivity contribution in [3.8, 4) is 11.6 Å². The molecular formula is C20H28Br2N4. The van der Waals surface area contributed by atoms with Gasteiger partial charge >= 0.3 is 11.6 Å². The zero-order valence-electron chi connectivity index (χ0n) is 14.2. The first-order valence-electron chi connectivity index (χ1n) is 7.48. The van der Waals surface area contributed by atoms with Crippen LogP contribution >= 0.6 is 0 Å². The van der Waals surface area contributed by atoms with Crippen molar-refractivity contribution < 1.29 is 43.1 Å². The molecule has 0 N–H and O–H groups in total. The number of halogens is 2. The maximum Gasteiger partial charge on any atom is 0.373 e. The van der Waals surface area contributed by atoms with Gasteiger partial charge in [-0.1, -0.05) is 39.1 Å². The zero-order chi connectivity index (χ0) is 15.4. The summed E-state index contributed by atoms with van der Waals surface area (Å²) in [7, 11) is 8.54. The lowest BCUT2D eigenvalue weighted by Crippen LogP contribution is -3.00. The second-order valence-corrected chi connectivity index (χ2v) is 5.86. The highest BCUT2D eigenvalue weighted by atomic mass is 79.9. The van der Waals surface area contributed by atoms with Crippen molar-refractivity contribution in [3.05, 3.63) is 48.5 Å². The van der Waals surface area contributed by atoms with Gasteiger partial charge in [0.15, 0.2) is 22.1 Å². The summed E-state index contributed by atoms with van der Waals surface area (Å²) < 4.78 is 9.07. The minimum absolute atomic E-state index is 0. The number of hydrogen-bond donors (Lipinski definition) is 0. The summed E-state index contributed by atoms with van der Waals surface area (Å²) in [6, 6.07) is 17.0. The number of imidazole rings is 2. The quantitative estimate of drug-likeness (QED) is 0.262. The van der Waals surface area contributed by atoms with Crippen molar-refractivity contribution in [2.75, 3.05) is 0 Å². The van der Waals surface area contributed by atoms with Gasteiger partial charge in [-0.2, -0.15) is 0 Å². The van der Waals surface area contributed by atoms with Gasteiger partial charge in [0.2, 0.25) is 0 Å². The van der Waals surface area contributed by atoms with Crippen LogP contribution in [0.3, 0.4) is 0 Å². The molecule has 2 aromatic heterocycles. The second-order valence-electron chi connectivity index (χ2n) is 5.86. The van der Waals surface area contributed by atoms with Crippen LogP contribution in [-0.2, 0) is 28.2 Å². The van der Waals surface area contributed by atoms with E-state index >= 15 is 0 Å². The summed E-state index contributed by atoms with van der Waals surface area (Å²) in [6.07, 6.45) is 0. The van der Waals surface area contributed by atoms with E-state index in [9.17, 15) is 0 Å². The lowest BCUT2D eigenvalue weighted by Gasteiger charge is -1.96. The number of aryl methyl sites for hydroxylation is 4. The second kappa shape index (κ2) is 8.82. The number of fused-ring (bicyclic) bond motifs is 2. The average Bonchev–Trinajstić information content (AvgIpc) is 2.94. The van der Waals surface area contributed by atoms with Gasteiger partial charge in [0.05, 0.1) is 28.2 Å². The lowest BCUT2D eigenvalue weighted by atomic mass is 10.3. The predicted octanol–water partition coefficient (Wildman–Crippen LogP) is -2.73. The number of para-hydroxylation sites is 4. The molecule has 6 heteroatoms. The van der Waals surface area contributed by atoms with Gasteiger partial charge in [-0.05, 0) is 24.3 Å². The molecule has 0 atom stereocenters. The smallest absolute Gasteiger partial charge is 0.373 e. The Balaban J connectivity index is 0.00000156. The van der Waals surface area contributed by atoms with E-state index in [4.69, 9.17) is 0 Å². The summed E-state index contributed by atoms with van der Waals surface area (Å²) in [5.41, 5.74) is 4.96. The summed E-state index contributed by atoms with van der Waals surface area (Å²) in [6.45, 7) is 0. The van der Waals surface area contributed by atoms with Gasteiger partial charge in [0.25, 0.3) is 0 Å². The standard InChI is InChI=1S/C18H20N4.2CH4.2BrH/c1-19-13-9-5-6-10-14(13)20(2)17(19)18-21(3)15-11-7-8-12-16(15)22(18)4;;;;/h5-12H,1-4H3;2*1H4;2*1H/q+2;;;;/p-2. The minimum atomic E-state index is 0. The Labute approximate surface area is 177 Å². The van der Waals surface area contributed by atoms with Crippen LogP contribution in [0.25, 0.3) is 33.7 Å². The summed E-state index contributed by atoms with van der Waals surface area (Å²) in [4.78, 5) is 0. The number of aromatic nitrogens is 4. The van der Waals surface area contributed by atoms with Crippen LogP contribution in [-0.4, -0.2) is 9.13 Å². The molecule has 4 nitrogen and oxygen atoms in total. The van der Waals surface area contributed by atoms with Crippen LogP contribution in [0.15, 0.2) is 48.5 Å². The monoisotopic (exact) mass is 482 g/mol. The van der Waals surface area contributed by atoms with Gasteiger partial charge in [-0.3, -0.25) is 0 Å². The van der Waals surface area contributed by atoms with Crippen molar-refractivity contribution in [2.24, 2.45) is 28.2 Å². The maximum atomic E-state index is 2.27. The van der Waals surface area contributed by atoms with Gasteiger partial charge < -0.3 is 34.0 Å². The fourth-order valence-corrected chi connectivity index (χ4v) is 3.57. The van der Waals surface area contributed by atoms with Crippen LogP contribution in [0.2, 0.25) is 0 Å². The fourth-order valence-electron chi connectivity index (χ4n) is 3.57. The Bertz CT molecular complexity index is 869. The van der Waals surface area contributed by atoms with Gasteiger partial charge in [0, 0.05) is 0 Å². The molecule has 142 valence electrons. The Morgan fingerprint density at radius 3 is 1.23 bits per heavy atom. The molecule has 0 amide bonds. The fraction of sp³-hybridized carbons (Fsp3) is 0.300. The van der Waals surface area contributed by atoms with Gasteiger partial charge in [0.1, 0.15) is 0 Å². The lowest BCUT2D eigenvalue weighted by molar-refractivity contribution is -0.665. The van der Waals surface area contributed by atoms with Crippen LogP contribution in [0.5, 0.6) is 0 Å². The van der Waals surface area contributed by atoms with Crippen LogP contribution in [0, 0.1) is 0 Å². The summed E-state index contributed by atoms with van der Waals surface area (Å²) >= 11 is 0. The zero-order valence-corrected chi connectivity index (χ0v) is 17.3. The molecule has 0 unspecified atom stereocenters. The third-order valence-corrected chi connectivity index (χ3v) is 4.68. The average molecular weight is 484 g/mol. The minimum Gasteiger partial charge on any atom is -1.00 e. The molecule has 0 bridgehead atoms. The van der Waals surface area contributed by atoms with Crippen LogP contribution in [0.4, 0.5) is 0 Å². The van der Waals surface area contributed by atoms with Crippen molar-refractivity contribution in [1.82, 2.24) is 9.13 Å². The van der Waals surface area contributed by atoms with E-state index in [1.54, 1.807) is 0 Å². The Morgan fingerprint density at radius 2 is 0.923 bits per heavy atom. The first kappa shape index (κ1) is 24.3. The largest absolute Gasteiger partial charge is 1.00 e. The molecule has 0 aliphatic heterocycles. The first-order valence-corrected chi connectivity index (χ1v) is 7.48. The molecule has 4 aromatic rings. The van der Waals surface area contributed by atoms with Crippen molar-refractivity contribution in [3.63, 3.8) is 0 Å². The van der Waals surface area contributed by atoms with E-state index in [1.807, 2.05) is 0 Å². The number of nitrogens with zero attached hydrogens (tertiary/aromatic N) is 4.